The summed E-state index contributed by atoms with van der Waals surface area (Å²) in [5, 5.41) is 7.09. The van der Waals surface area contributed by atoms with Crippen LogP contribution < -0.4 is 5.32 Å². The molecule has 1 saturated carbocycles. The van der Waals surface area contributed by atoms with Crippen LogP contribution in [0.1, 0.15) is 46.3 Å². The minimum Gasteiger partial charge on any atom is -0.301 e. The first kappa shape index (κ1) is 12.8. The Hall–Kier alpha value is -1.19. The van der Waals surface area contributed by atoms with Gasteiger partial charge in [-0.25, -0.2) is 4.98 Å². The molecule has 0 amide bonds. The minimum atomic E-state index is 0.256. The summed E-state index contributed by atoms with van der Waals surface area (Å²) in [5.74, 6) is 0. The van der Waals surface area contributed by atoms with Crippen molar-refractivity contribution in [2.24, 2.45) is 0 Å². The molecule has 0 spiro atoms. The Morgan fingerprint density at radius 2 is 2.05 bits per heavy atom. The predicted octanol–water partition coefficient (Wildman–Crippen LogP) is 3.91. The predicted molar refractivity (Wildman–Crippen MR) is 80.8 cm³/mol. The summed E-state index contributed by atoms with van der Waals surface area (Å²) < 4.78 is 0. The fourth-order valence-corrected chi connectivity index (χ4v) is 3.23. The lowest BCUT2D eigenvalue weighted by molar-refractivity contribution is 0.594. The SMILES string of the molecule is Cc1ccc(C)c(C(NC2CC2)c2nc(C)cs2)c1. The number of hydrogen-bond acceptors (Lipinski definition) is 3. The summed E-state index contributed by atoms with van der Waals surface area (Å²) in [6.07, 6.45) is 2.59. The van der Waals surface area contributed by atoms with E-state index in [1.54, 1.807) is 11.3 Å². The fraction of sp³-hybridized carbons (Fsp3) is 0.438. The molecular formula is C16H20N2S. The highest BCUT2D eigenvalue weighted by atomic mass is 32.1. The number of nitrogens with one attached hydrogen (secondary N) is 1. The van der Waals surface area contributed by atoms with Crippen LogP contribution in [0.5, 0.6) is 0 Å². The second kappa shape index (κ2) is 5.06. The molecule has 1 N–H and O–H groups in total. The van der Waals surface area contributed by atoms with E-state index < -0.39 is 0 Å². The highest BCUT2D eigenvalue weighted by Gasteiger charge is 2.28. The van der Waals surface area contributed by atoms with Crippen molar-refractivity contribution in [1.82, 2.24) is 10.3 Å². The molecule has 1 unspecified atom stereocenters. The average Bonchev–Trinajstić information content (AvgIpc) is 3.10. The Labute approximate surface area is 118 Å². The van der Waals surface area contributed by atoms with Crippen molar-refractivity contribution in [2.75, 3.05) is 0 Å². The number of benzene rings is 1. The molecule has 3 heteroatoms. The summed E-state index contributed by atoms with van der Waals surface area (Å²) in [6.45, 7) is 6.42. The van der Waals surface area contributed by atoms with E-state index in [0.29, 0.717) is 6.04 Å². The summed E-state index contributed by atoms with van der Waals surface area (Å²) >= 11 is 1.76. The van der Waals surface area contributed by atoms with Gasteiger partial charge in [-0.3, -0.25) is 0 Å². The molecule has 1 aromatic carbocycles. The average molecular weight is 272 g/mol. The van der Waals surface area contributed by atoms with Crippen molar-refractivity contribution >= 4 is 11.3 Å². The quantitative estimate of drug-likeness (QED) is 0.912. The molecule has 1 aliphatic rings. The van der Waals surface area contributed by atoms with E-state index in [0.717, 1.165) is 5.69 Å². The molecule has 0 radical (unpaired) electrons. The number of thiazole rings is 1. The molecular weight excluding hydrogens is 252 g/mol. The first-order valence-electron chi connectivity index (χ1n) is 6.88. The van der Waals surface area contributed by atoms with Crippen molar-refractivity contribution < 1.29 is 0 Å². The zero-order valence-corrected chi connectivity index (χ0v) is 12.6. The minimum absolute atomic E-state index is 0.256. The summed E-state index contributed by atoms with van der Waals surface area (Å²) in [5.41, 5.74) is 5.15. The largest absolute Gasteiger partial charge is 0.301 e. The zero-order valence-electron chi connectivity index (χ0n) is 11.7. The van der Waals surface area contributed by atoms with E-state index in [1.807, 2.05) is 0 Å². The molecule has 0 saturated heterocycles. The van der Waals surface area contributed by atoms with Gasteiger partial charge >= 0.3 is 0 Å². The van der Waals surface area contributed by atoms with E-state index in [1.165, 1.54) is 34.5 Å². The summed E-state index contributed by atoms with van der Waals surface area (Å²) in [7, 11) is 0. The van der Waals surface area contributed by atoms with Crippen molar-refractivity contribution in [3.63, 3.8) is 0 Å². The number of aromatic nitrogens is 1. The van der Waals surface area contributed by atoms with E-state index in [9.17, 15) is 0 Å². The van der Waals surface area contributed by atoms with Crippen molar-refractivity contribution in [1.29, 1.82) is 0 Å². The summed E-state index contributed by atoms with van der Waals surface area (Å²) in [6, 6.07) is 7.62. The second-order valence-electron chi connectivity index (χ2n) is 5.56. The zero-order chi connectivity index (χ0) is 13.4. The molecule has 0 aliphatic heterocycles. The van der Waals surface area contributed by atoms with Crippen molar-refractivity contribution in [3.8, 4) is 0 Å². The van der Waals surface area contributed by atoms with Gasteiger partial charge in [0.2, 0.25) is 0 Å². The van der Waals surface area contributed by atoms with E-state index in [-0.39, 0.29) is 6.04 Å². The Morgan fingerprint density at radius 3 is 2.68 bits per heavy atom. The lowest BCUT2D eigenvalue weighted by Crippen LogP contribution is -2.25. The maximum Gasteiger partial charge on any atom is 0.114 e. The van der Waals surface area contributed by atoms with Crippen LogP contribution in [0.2, 0.25) is 0 Å². The normalized spacial score (nSPS) is 16.6. The number of rotatable bonds is 4. The van der Waals surface area contributed by atoms with Gasteiger partial charge in [-0.15, -0.1) is 11.3 Å². The molecule has 1 atom stereocenters. The van der Waals surface area contributed by atoms with Gasteiger partial charge in [0.1, 0.15) is 5.01 Å². The molecule has 1 aliphatic carbocycles. The Bertz CT molecular complexity index is 584. The van der Waals surface area contributed by atoms with Gasteiger partial charge in [0.15, 0.2) is 0 Å². The molecule has 2 aromatic rings. The lowest BCUT2D eigenvalue weighted by atomic mass is 9.99. The number of aryl methyl sites for hydroxylation is 3. The van der Waals surface area contributed by atoms with Crippen LogP contribution in [0, 0.1) is 20.8 Å². The molecule has 1 aromatic heterocycles. The third-order valence-electron chi connectivity index (χ3n) is 3.61. The maximum atomic E-state index is 4.70. The second-order valence-corrected chi connectivity index (χ2v) is 6.45. The molecule has 19 heavy (non-hydrogen) atoms. The summed E-state index contributed by atoms with van der Waals surface area (Å²) in [4.78, 5) is 4.70. The molecule has 1 fully saturated rings. The molecule has 1 heterocycles. The fourth-order valence-electron chi connectivity index (χ4n) is 2.36. The van der Waals surface area contributed by atoms with E-state index >= 15 is 0 Å². The monoisotopic (exact) mass is 272 g/mol. The van der Waals surface area contributed by atoms with Gasteiger partial charge in [0.25, 0.3) is 0 Å². The van der Waals surface area contributed by atoms with Gasteiger partial charge in [-0.05, 0) is 44.7 Å². The molecule has 2 nitrogen and oxygen atoms in total. The van der Waals surface area contributed by atoms with Gasteiger partial charge in [-0.2, -0.15) is 0 Å². The Kier molecular flexibility index (Phi) is 3.42. The highest BCUT2D eigenvalue weighted by Crippen LogP contribution is 2.32. The first-order valence-corrected chi connectivity index (χ1v) is 7.76. The first-order chi connectivity index (χ1) is 9.13. The Balaban J connectivity index is 2.00. The third-order valence-corrected chi connectivity index (χ3v) is 4.64. The van der Waals surface area contributed by atoms with Crippen molar-refractivity contribution in [3.05, 3.63) is 51.0 Å². The van der Waals surface area contributed by atoms with Gasteiger partial charge in [-0.1, -0.05) is 23.8 Å². The van der Waals surface area contributed by atoms with E-state index in [2.05, 4.69) is 49.7 Å². The van der Waals surface area contributed by atoms with Crippen LogP contribution in [0.15, 0.2) is 23.6 Å². The van der Waals surface area contributed by atoms with Crippen LogP contribution >= 0.6 is 11.3 Å². The standard InChI is InChI=1S/C16H20N2S/c1-10-4-5-11(2)14(8-10)15(18-13-6-7-13)16-17-12(3)9-19-16/h4-5,8-9,13,15,18H,6-7H2,1-3H3. The topological polar surface area (TPSA) is 24.9 Å². The lowest BCUT2D eigenvalue weighted by Gasteiger charge is -2.19. The van der Waals surface area contributed by atoms with E-state index in [4.69, 9.17) is 4.98 Å². The van der Waals surface area contributed by atoms with Crippen LogP contribution in [-0.4, -0.2) is 11.0 Å². The third kappa shape index (κ3) is 2.88. The molecule has 100 valence electrons. The van der Waals surface area contributed by atoms with Crippen LogP contribution in [-0.2, 0) is 0 Å². The van der Waals surface area contributed by atoms with Crippen LogP contribution in [0.3, 0.4) is 0 Å². The van der Waals surface area contributed by atoms with Crippen LogP contribution in [0.25, 0.3) is 0 Å². The number of hydrogen-bond donors (Lipinski definition) is 1. The van der Waals surface area contributed by atoms with Crippen molar-refractivity contribution in [2.45, 2.75) is 45.7 Å². The highest BCUT2D eigenvalue weighted by molar-refractivity contribution is 7.09. The number of nitrogens with zero attached hydrogens (tertiary/aromatic N) is 1. The van der Waals surface area contributed by atoms with Crippen LogP contribution in [0.4, 0.5) is 0 Å². The van der Waals surface area contributed by atoms with Gasteiger partial charge in [0.05, 0.1) is 6.04 Å². The van der Waals surface area contributed by atoms with Gasteiger partial charge < -0.3 is 5.32 Å². The molecule has 3 rings (SSSR count). The smallest absolute Gasteiger partial charge is 0.114 e. The Morgan fingerprint density at radius 1 is 1.26 bits per heavy atom. The molecule has 0 bridgehead atoms. The maximum absolute atomic E-state index is 4.70. The van der Waals surface area contributed by atoms with Gasteiger partial charge in [0, 0.05) is 17.1 Å².